The fourth-order valence-electron chi connectivity index (χ4n) is 2.08. The van der Waals surface area contributed by atoms with E-state index in [1.165, 1.54) is 24.0 Å². The lowest BCUT2D eigenvalue weighted by Gasteiger charge is -2.18. The Kier molecular flexibility index (Phi) is 2.39. The summed E-state index contributed by atoms with van der Waals surface area (Å²) in [4.78, 5) is 0. The van der Waals surface area contributed by atoms with E-state index in [2.05, 4.69) is 11.2 Å². The Morgan fingerprint density at radius 3 is 2.86 bits per heavy atom. The normalized spacial score (nSPS) is 16.4. The lowest BCUT2D eigenvalue weighted by atomic mass is 9.88. The molecule has 3 N–H and O–H groups in total. The molecule has 74 valence electrons. The molecular formula is C11H14N2O. The highest BCUT2D eigenvalue weighted by atomic mass is 16.4. The molecule has 3 heteroatoms. The third-order valence-corrected chi connectivity index (χ3v) is 2.78. The van der Waals surface area contributed by atoms with E-state index in [1.807, 2.05) is 12.1 Å². The van der Waals surface area contributed by atoms with Crippen molar-refractivity contribution >= 4 is 5.84 Å². The zero-order valence-corrected chi connectivity index (χ0v) is 8.03. The molecule has 14 heavy (non-hydrogen) atoms. The van der Waals surface area contributed by atoms with Crippen molar-refractivity contribution in [2.24, 2.45) is 10.9 Å². The minimum Gasteiger partial charge on any atom is -0.409 e. The Labute approximate surface area is 83.2 Å². The Hall–Kier alpha value is -1.51. The smallest absolute Gasteiger partial charge is 0.170 e. The van der Waals surface area contributed by atoms with Gasteiger partial charge in [0, 0.05) is 5.56 Å². The van der Waals surface area contributed by atoms with E-state index in [9.17, 15) is 0 Å². The topological polar surface area (TPSA) is 58.6 Å². The van der Waals surface area contributed by atoms with E-state index >= 15 is 0 Å². The number of hydrogen-bond acceptors (Lipinski definition) is 2. The Balaban J connectivity index is 2.50. The van der Waals surface area contributed by atoms with Gasteiger partial charge >= 0.3 is 0 Å². The van der Waals surface area contributed by atoms with Gasteiger partial charge in [-0.15, -0.1) is 0 Å². The van der Waals surface area contributed by atoms with Gasteiger partial charge in [0.25, 0.3) is 0 Å². The van der Waals surface area contributed by atoms with Gasteiger partial charge in [0.2, 0.25) is 0 Å². The zero-order valence-electron chi connectivity index (χ0n) is 8.03. The minimum absolute atomic E-state index is 0.226. The molecule has 0 aromatic heterocycles. The highest BCUT2D eigenvalue weighted by Gasteiger charge is 2.14. The molecule has 0 spiro atoms. The molecule has 0 saturated carbocycles. The van der Waals surface area contributed by atoms with Crippen molar-refractivity contribution in [1.29, 1.82) is 0 Å². The van der Waals surface area contributed by atoms with E-state index in [1.54, 1.807) is 0 Å². The van der Waals surface area contributed by atoms with Crippen LogP contribution < -0.4 is 5.73 Å². The van der Waals surface area contributed by atoms with Gasteiger partial charge in [-0.2, -0.15) is 0 Å². The second-order valence-corrected chi connectivity index (χ2v) is 3.64. The van der Waals surface area contributed by atoms with E-state index in [-0.39, 0.29) is 5.84 Å². The summed E-state index contributed by atoms with van der Waals surface area (Å²) in [7, 11) is 0. The van der Waals surface area contributed by atoms with E-state index in [0.717, 1.165) is 18.4 Å². The van der Waals surface area contributed by atoms with Gasteiger partial charge in [-0.25, -0.2) is 0 Å². The van der Waals surface area contributed by atoms with E-state index in [0.29, 0.717) is 0 Å². The van der Waals surface area contributed by atoms with Crippen LogP contribution in [0.5, 0.6) is 0 Å². The van der Waals surface area contributed by atoms with Crippen LogP contribution in [0.2, 0.25) is 0 Å². The maximum Gasteiger partial charge on any atom is 0.170 e. The van der Waals surface area contributed by atoms with Crippen molar-refractivity contribution in [2.45, 2.75) is 25.7 Å². The number of nitrogens with zero attached hydrogens (tertiary/aromatic N) is 1. The van der Waals surface area contributed by atoms with Gasteiger partial charge in [0.05, 0.1) is 0 Å². The summed E-state index contributed by atoms with van der Waals surface area (Å²) in [6, 6.07) is 6.01. The zero-order chi connectivity index (χ0) is 9.97. The van der Waals surface area contributed by atoms with Crippen LogP contribution in [0, 0.1) is 0 Å². The molecule has 1 aromatic carbocycles. The average Bonchev–Trinajstić information content (AvgIpc) is 2.27. The first-order valence-electron chi connectivity index (χ1n) is 4.91. The monoisotopic (exact) mass is 190 g/mol. The highest BCUT2D eigenvalue weighted by Crippen LogP contribution is 2.24. The van der Waals surface area contributed by atoms with Crippen molar-refractivity contribution in [3.63, 3.8) is 0 Å². The molecule has 0 heterocycles. The van der Waals surface area contributed by atoms with Gasteiger partial charge in [-0.1, -0.05) is 23.4 Å². The average molecular weight is 190 g/mol. The van der Waals surface area contributed by atoms with E-state index < -0.39 is 0 Å². The molecule has 0 fully saturated rings. The highest BCUT2D eigenvalue weighted by molar-refractivity contribution is 5.98. The summed E-state index contributed by atoms with van der Waals surface area (Å²) in [5.41, 5.74) is 9.12. The molecule has 1 aliphatic carbocycles. The maximum absolute atomic E-state index is 8.65. The van der Waals surface area contributed by atoms with Gasteiger partial charge < -0.3 is 10.9 Å². The Morgan fingerprint density at radius 1 is 1.29 bits per heavy atom. The molecule has 0 bridgehead atoms. The van der Waals surface area contributed by atoms with Crippen molar-refractivity contribution < 1.29 is 5.21 Å². The van der Waals surface area contributed by atoms with Gasteiger partial charge in [0.1, 0.15) is 0 Å². The first-order chi connectivity index (χ1) is 6.83. The maximum atomic E-state index is 8.65. The lowest BCUT2D eigenvalue weighted by molar-refractivity contribution is 0.318. The molecule has 0 atom stereocenters. The number of fused-ring (bicyclic) bond motifs is 1. The van der Waals surface area contributed by atoms with Gasteiger partial charge in [-0.05, 0) is 36.8 Å². The van der Waals surface area contributed by atoms with Crippen LogP contribution >= 0.6 is 0 Å². The minimum atomic E-state index is 0.226. The molecule has 1 aromatic rings. The number of benzene rings is 1. The first-order valence-corrected chi connectivity index (χ1v) is 4.91. The Morgan fingerprint density at radius 2 is 2.07 bits per heavy atom. The molecule has 0 aliphatic heterocycles. The first kappa shape index (κ1) is 9.06. The van der Waals surface area contributed by atoms with Gasteiger partial charge in [0.15, 0.2) is 5.84 Å². The fraction of sp³-hybridized carbons (Fsp3) is 0.364. The second-order valence-electron chi connectivity index (χ2n) is 3.64. The van der Waals surface area contributed by atoms with Crippen LogP contribution in [0.1, 0.15) is 29.5 Å². The molecule has 0 saturated heterocycles. The van der Waals surface area contributed by atoms with Gasteiger partial charge in [-0.3, -0.25) is 0 Å². The second kappa shape index (κ2) is 3.70. The quantitative estimate of drug-likeness (QED) is 0.306. The summed E-state index contributed by atoms with van der Waals surface area (Å²) in [6.07, 6.45) is 4.60. The third-order valence-electron chi connectivity index (χ3n) is 2.78. The summed E-state index contributed by atoms with van der Waals surface area (Å²) >= 11 is 0. The SMILES string of the molecule is N/C(=N/O)c1cccc2c1CCCC2. The summed E-state index contributed by atoms with van der Waals surface area (Å²) in [6.45, 7) is 0. The molecule has 0 unspecified atom stereocenters. The molecule has 0 radical (unpaired) electrons. The fourth-order valence-corrected chi connectivity index (χ4v) is 2.08. The lowest BCUT2D eigenvalue weighted by Crippen LogP contribution is -2.18. The predicted molar refractivity (Wildman–Crippen MR) is 55.6 cm³/mol. The van der Waals surface area contributed by atoms with Crippen molar-refractivity contribution in [3.8, 4) is 0 Å². The number of hydrogen-bond donors (Lipinski definition) is 2. The number of oxime groups is 1. The third kappa shape index (κ3) is 1.45. The van der Waals surface area contributed by atoms with Crippen molar-refractivity contribution in [2.75, 3.05) is 0 Å². The molecule has 3 nitrogen and oxygen atoms in total. The molecule has 2 rings (SSSR count). The van der Waals surface area contributed by atoms with Crippen LogP contribution in [0.4, 0.5) is 0 Å². The summed E-state index contributed by atoms with van der Waals surface area (Å²) in [5.74, 6) is 0.226. The molecule has 1 aliphatic rings. The standard InChI is InChI=1S/C11H14N2O/c12-11(13-14)10-7-3-5-8-4-1-2-6-9(8)10/h3,5,7,14H,1-2,4,6H2,(H2,12,13). The number of nitrogens with two attached hydrogens (primary N) is 1. The Bertz CT molecular complexity index is 372. The molecule has 0 amide bonds. The van der Waals surface area contributed by atoms with Crippen LogP contribution in [0.15, 0.2) is 23.4 Å². The number of rotatable bonds is 1. The summed E-state index contributed by atoms with van der Waals surface area (Å²) in [5, 5.41) is 11.7. The van der Waals surface area contributed by atoms with E-state index in [4.69, 9.17) is 10.9 Å². The van der Waals surface area contributed by atoms with Crippen LogP contribution in [-0.2, 0) is 12.8 Å². The van der Waals surface area contributed by atoms with Crippen molar-refractivity contribution in [3.05, 3.63) is 34.9 Å². The number of aryl methyl sites for hydroxylation is 1. The largest absolute Gasteiger partial charge is 0.409 e. The molecular weight excluding hydrogens is 176 g/mol. The number of amidine groups is 1. The van der Waals surface area contributed by atoms with Crippen LogP contribution in [0.25, 0.3) is 0 Å². The van der Waals surface area contributed by atoms with Crippen LogP contribution in [0.3, 0.4) is 0 Å². The van der Waals surface area contributed by atoms with Crippen LogP contribution in [-0.4, -0.2) is 11.0 Å². The van der Waals surface area contributed by atoms with Crippen molar-refractivity contribution in [1.82, 2.24) is 0 Å². The predicted octanol–water partition coefficient (Wildman–Crippen LogP) is 1.66. The summed E-state index contributed by atoms with van der Waals surface area (Å²) < 4.78 is 0.